The Morgan fingerprint density at radius 3 is 2.31 bits per heavy atom. The van der Waals surface area contributed by atoms with Crippen molar-refractivity contribution in [3.63, 3.8) is 0 Å². The van der Waals surface area contributed by atoms with E-state index >= 15 is 0 Å². The number of alkyl halides is 2. The van der Waals surface area contributed by atoms with Crippen molar-refractivity contribution >= 4 is 0 Å². The van der Waals surface area contributed by atoms with Gasteiger partial charge in [0.25, 0.3) is 0 Å². The molecule has 0 radical (unpaired) electrons. The molecule has 1 aliphatic rings. The molecule has 0 aliphatic carbocycles. The van der Waals surface area contributed by atoms with Crippen LogP contribution in [0.15, 0.2) is 0 Å². The van der Waals surface area contributed by atoms with E-state index in [1.807, 2.05) is 7.05 Å². The van der Waals surface area contributed by atoms with Crippen LogP contribution in [-0.2, 0) is 0 Å². The van der Waals surface area contributed by atoms with Gasteiger partial charge in [0, 0.05) is 5.41 Å². The van der Waals surface area contributed by atoms with Crippen LogP contribution < -0.4 is 5.73 Å². The van der Waals surface area contributed by atoms with Gasteiger partial charge < -0.3 is 10.6 Å². The van der Waals surface area contributed by atoms with Gasteiger partial charge in [0.15, 0.2) is 0 Å². The fourth-order valence-corrected chi connectivity index (χ4v) is 1.93. The van der Waals surface area contributed by atoms with Gasteiger partial charge in [0.1, 0.15) is 0 Å². The lowest BCUT2D eigenvalue weighted by Crippen LogP contribution is -2.43. The van der Waals surface area contributed by atoms with Crippen LogP contribution >= 0.6 is 0 Å². The largest absolute Gasteiger partial charge is 0.330 e. The van der Waals surface area contributed by atoms with Crippen molar-refractivity contribution in [2.45, 2.75) is 25.7 Å². The molecule has 0 spiro atoms. The average molecular weight is 192 g/mol. The van der Waals surface area contributed by atoms with Crippen LogP contribution in [-0.4, -0.2) is 38.0 Å². The molecule has 78 valence electrons. The molecular formula is C9H18F2N2. The molecule has 0 atom stereocenters. The van der Waals surface area contributed by atoms with Gasteiger partial charge in [-0.05, 0) is 45.9 Å². The molecule has 13 heavy (non-hydrogen) atoms. The molecule has 1 fully saturated rings. The fourth-order valence-electron chi connectivity index (χ4n) is 1.93. The molecule has 1 heterocycles. The van der Waals surface area contributed by atoms with Crippen LogP contribution in [0.5, 0.6) is 0 Å². The SMILES string of the molecule is CN1CCC(CCN)(C(F)F)CC1. The second-order valence-electron chi connectivity index (χ2n) is 4.01. The normalized spacial score (nSPS) is 23.8. The predicted octanol–water partition coefficient (Wildman–Crippen LogP) is 1.31. The third-order valence-electron chi connectivity index (χ3n) is 3.09. The summed E-state index contributed by atoms with van der Waals surface area (Å²) in [6, 6.07) is 0. The summed E-state index contributed by atoms with van der Waals surface area (Å²) in [6.45, 7) is 1.91. The summed E-state index contributed by atoms with van der Waals surface area (Å²) in [5, 5.41) is 0. The van der Waals surface area contributed by atoms with Crippen molar-refractivity contribution < 1.29 is 8.78 Å². The van der Waals surface area contributed by atoms with E-state index in [0.29, 0.717) is 25.8 Å². The first-order valence-corrected chi connectivity index (χ1v) is 4.77. The molecule has 0 aromatic heterocycles. The van der Waals surface area contributed by atoms with Gasteiger partial charge in [-0.15, -0.1) is 0 Å². The van der Waals surface area contributed by atoms with Gasteiger partial charge >= 0.3 is 0 Å². The Labute approximate surface area is 78.1 Å². The Morgan fingerprint density at radius 1 is 1.38 bits per heavy atom. The third kappa shape index (κ3) is 2.38. The molecule has 0 aromatic rings. The maximum atomic E-state index is 12.8. The number of likely N-dealkylation sites (tertiary alicyclic amines) is 1. The Morgan fingerprint density at radius 2 is 1.92 bits per heavy atom. The summed E-state index contributed by atoms with van der Waals surface area (Å²) in [6.07, 6.45) is -0.598. The summed E-state index contributed by atoms with van der Waals surface area (Å²) >= 11 is 0. The van der Waals surface area contributed by atoms with Crippen molar-refractivity contribution in [1.29, 1.82) is 0 Å². The topological polar surface area (TPSA) is 29.3 Å². The van der Waals surface area contributed by atoms with E-state index < -0.39 is 11.8 Å². The van der Waals surface area contributed by atoms with Gasteiger partial charge in [-0.25, -0.2) is 8.78 Å². The highest BCUT2D eigenvalue weighted by molar-refractivity contribution is 4.87. The molecule has 0 unspecified atom stereocenters. The highest BCUT2D eigenvalue weighted by Gasteiger charge is 2.41. The molecule has 1 rings (SSSR count). The minimum absolute atomic E-state index is 0.369. The van der Waals surface area contributed by atoms with Gasteiger partial charge in [0.2, 0.25) is 6.43 Å². The molecule has 4 heteroatoms. The summed E-state index contributed by atoms with van der Waals surface area (Å²) in [5.74, 6) is 0. The van der Waals surface area contributed by atoms with Crippen molar-refractivity contribution in [2.75, 3.05) is 26.7 Å². The predicted molar refractivity (Wildman–Crippen MR) is 48.8 cm³/mol. The molecule has 1 aliphatic heterocycles. The number of hydrogen-bond donors (Lipinski definition) is 1. The van der Waals surface area contributed by atoms with Gasteiger partial charge in [-0.1, -0.05) is 0 Å². The number of hydrogen-bond acceptors (Lipinski definition) is 2. The maximum Gasteiger partial charge on any atom is 0.244 e. The van der Waals surface area contributed by atoms with Gasteiger partial charge in [-0.3, -0.25) is 0 Å². The third-order valence-corrected chi connectivity index (χ3v) is 3.09. The summed E-state index contributed by atoms with van der Waals surface area (Å²) in [7, 11) is 1.97. The van der Waals surface area contributed by atoms with E-state index in [1.54, 1.807) is 0 Å². The molecule has 0 aromatic carbocycles. The fraction of sp³-hybridized carbons (Fsp3) is 1.00. The molecule has 0 saturated carbocycles. The van der Waals surface area contributed by atoms with Gasteiger partial charge in [-0.2, -0.15) is 0 Å². The Balaban J connectivity index is 2.58. The lowest BCUT2D eigenvalue weighted by atomic mass is 9.76. The zero-order chi connectivity index (χ0) is 9.90. The number of halogens is 2. The first-order chi connectivity index (χ1) is 6.10. The van der Waals surface area contributed by atoms with Crippen molar-refractivity contribution in [3.05, 3.63) is 0 Å². The van der Waals surface area contributed by atoms with E-state index in [0.717, 1.165) is 13.1 Å². The standard InChI is InChI=1S/C9H18F2N2/c1-13-6-3-9(2-5-12,4-7-13)8(10)11/h8H,2-7,12H2,1H3. The minimum atomic E-state index is -2.22. The zero-order valence-electron chi connectivity index (χ0n) is 8.10. The first kappa shape index (κ1) is 10.9. The first-order valence-electron chi connectivity index (χ1n) is 4.77. The Hall–Kier alpha value is -0.220. The van der Waals surface area contributed by atoms with Crippen LogP contribution in [0, 0.1) is 5.41 Å². The summed E-state index contributed by atoms with van der Waals surface area (Å²) < 4.78 is 25.6. The minimum Gasteiger partial charge on any atom is -0.330 e. The average Bonchev–Trinajstić information content (AvgIpc) is 2.09. The van der Waals surface area contributed by atoms with Crippen LogP contribution in [0.2, 0.25) is 0 Å². The van der Waals surface area contributed by atoms with E-state index in [2.05, 4.69) is 4.90 Å². The Bertz CT molecular complexity index is 154. The molecule has 1 saturated heterocycles. The summed E-state index contributed by atoms with van der Waals surface area (Å²) in [4.78, 5) is 2.09. The number of nitrogens with zero attached hydrogens (tertiary/aromatic N) is 1. The van der Waals surface area contributed by atoms with Gasteiger partial charge in [0.05, 0.1) is 0 Å². The second kappa shape index (κ2) is 4.33. The van der Waals surface area contributed by atoms with Crippen LogP contribution in [0.25, 0.3) is 0 Å². The number of nitrogens with two attached hydrogens (primary N) is 1. The summed E-state index contributed by atoms with van der Waals surface area (Å²) in [5.41, 5.74) is 4.58. The van der Waals surface area contributed by atoms with Crippen LogP contribution in [0.3, 0.4) is 0 Å². The van der Waals surface area contributed by atoms with E-state index in [-0.39, 0.29) is 0 Å². The lowest BCUT2D eigenvalue weighted by Gasteiger charge is -2.39. The van der Waals surface area contributed by atoms with E-state index in [1.165, 1.54) is 0 Å². The zero-order valence-corrected chi connectivity index (χ0v) is 8.10. The monoisotopic (exact) mass is 192 g/mol. The van der Waals surface area contributed by atoms with Crippen LogP contribution in [0.4, 0.5) is 8.78 Å². The second-order valence-corrected chi connectivity index (χ2v) is 4.01. The maximum absolute atomic E-state index is 12.8. The quantitative estimate of drug-likeness (QED) is 0.730. The molecule has 2 nitrogen and oxygen atoms in total. The lowest BCUT2D eigenvalue weighted by molar-refractivity contribution is -0.0479. The Kier molecular flexibility index (Phi) is 3.62. The van der Waals surface area contributed by atoms with Crippen LogP contribution in [0.1, 0.15) is 19.3 Å². The van der Waals surface area contributed by atoms with Crippen molar-refractivity contribution in [2.24, 2.45) is 11.1 Å². The van der Waals surface area contributed by atoms with E-state index in [4.69, 9.17) is 5.73 Å². The molecular weight excluding hydrogens is 174 g/mol. The smallest absolute Gasteiger partial charge is 0.244 e. The highest BCUT2D eigenvalue weighted by atomic mass is 19.3. The number of piperidine rings is 1. The molecule has 0 bridgehead atoms. The molecule has 2 N–H and O–H groups in total. The van der Waals surface area contributed by atoms with Crippen molar-refractivity contribution in [1.82, 2.24) is 4.90 Å². The highest BCUT2D eigenvalue weighted by Crippen LogP contribution is 2.39. The van der Waals surface area contributed by atoms with Crippen molar-refractivity contribution in [3.8, 4) is 0 Å². The number of rotatable bonds is 3. The molecule has 0 amide bonds. The van der Waals surface area contributed by atoms with E-state index in [9.17, 15) is 8.78 Å².